The van der Waals surface area contributed by atoms with Crippen molar-refractivity contribution in [3.63, 3.8) is 0 Å². The number of nitrogens with one attached hydrogen (secondary N) is 1. The Bertz CT molecular complexity index is 649. The average Bonchev–Trinajstić information content (AvgIpc) is 2.42. The number of hydrogen-bond donors (Lipinski definition) is 1. The third-order valence-corrected chi connectivity index (χ3v) is 4.86. The van der Waals surface area contributed by atoms with E-state index in [1.54, 1.807) is 10.6 Å². The summed E-state index contributed by atoms with van der Waals surface area (Å²) in [5.74, 6) is 0.0103. The molecule has 0 spiro atoms. The van der Waals surface area contributed by atoms with Crippen molar-refractivity contribution in [1.82, 2.24) is 9.88 Å². The van der Waals surface area contributed by atoms with E-state index in [0.717, 1.165) is 43.5 Å². The first-order chi connectivity index (χ1) is 9.92. The SMILES string of the molecule is CCCNC1CCCc2c1ccc(=O)n2CCS(C)(=O)=O. The van der Waals surface area contributed by atoms with E-state index in [-0.39, 0.29) is 23.9 Å². The predicted molar refractivity (Wildman–Crippen MR) is 84.4 cm³/mol. The fraction of sp³-hybridized carbons (Fsp3) is 0.667. The molecule has 0 aromatic carbocycles. The predicted octanol–water partition coefficient (Wildman–Crippen LogP) is 1.27. The number of rotatable bonds is 6. The van der Waals surface area contributed by atoms with Crippen molar-refractivity contribution in [2.75, 3.05) is 18.6 Å². The minimum absolute atomic E-state index is 0.0103. The van der Waals surface area contributed by atoms with Crippen molar-refractivity contribution in [1.29, 1.82) is 0 Å². The van der Waals surface area contributed by atoms with Crippen molar-refractivity contribution in [2.24, 2.45) is 0 Å². The highest BCUT2D eigenvalue weighted by Gasteiger charge is 2.22. The Morgan fingerprint density at radius 1 is 1.38 bits per heavy atom. The van der Waals surface area contributed by atoms with Gasteiger partial charge in [-0.1, -0.05) is 13.0 Å². The van der Waals surface area contributed by atoms with Crippen LogP contribution >= 0.6 is 0 Å². The summed E-state index contributed by atoms with van der Waals surface area (Å²) in [5.41, 5.74) is 2.06. The fourth-order valence-corrected chi connectivity index (χ4v) is 3.41. The molecule has 1 aromatic heterocycles. The third kappa shape index (κ3) is 4.17. The molecule has 1 heterocycles. The van der Waals surface area contributed by atoms with Crippen LogP contribution < -0.4 is 10.9 Å². The summed E-state index contributed by atoms with van der Waals surface area (Å²) in [5, 5.41) is 3.51. The Kier molecular flexibility index (Phi) is 5.22. The lowest BCUT2D eigenvalue weighted by Crippen LogP contribution is -2.33. The normalized spacial score (nSPS) is 18.5. The van der Waals surface area contributed by atoms with E-state index >= 15 is 0 Å². The van der Waals surface area contributed by atoms with E-state index < -0.39 is 9.84 Å². The molecule has 0 aliphatic heterocycles. The van der Waals surface area contributed by atoms with Gasteiger partial charge in [0.25, 0.3) is 5.56 Å². The molecule has 0 saturated carbocycles. The Hall–Kier alpha value is -1.14. The van der Waals surface area contributed by atoms with E-state index in [1.807, 2.05) is 6.07 Å². The zero-order chi connectivity index (χ0) is 15.5. The highest BCUT2D eigenvalue weighted by molar-refractivity contribution is 7.90. The Morgan fingerprint density at radius 3 is 2.81 bits per heavy atom. The molecule has 0 radical (unpaired) electrons. The van der Waals surface area contributed by atoms with E-state index in [1.165, 1.54) is 6.26 Å². The first kappa shape index (κ1) is 16.2. The molecule has 1 atom stereocenters. The molecule has 6 heteroatoms. The van der Waals surface area contributed by atoms with Crippen LogP contribution in [-0.4, -0.2) is 31.5 Å². The van der Waals surface area contributed by atoms with E-state index in [4.69, 9.17) is 0 Å². The van der Waals surface area contributed by atoms with Gasteiger partial charge in [-0.2, -0.15) is 0 Å². The quantitative estimate of drug-likeness (QED) is 0.859. The third-order valence-electron chi connectivity index (χ3n) is 3.94. The van der Waals surface area contributed by atoms with Crippen LogP contribution in [0.3, 0.4) is 0 Å². The van der Waals surface area contributed by atoms with Crippen molar-refractivity contribution in [2.45, 2.75) is 45.2 Å². The zero-order valence-electron chi connectivity index (χ0n) is 12.8. The highest BCUT2D eigenvalue weighted by atomic mass is 32.2. The summed E-state index contributed by atoms with van der Waals surface area (Å²) in [6, 6.07) is 3.74. The molecule has 0 amide bonds. The van der Waals surface area contributed by atoms with Crippen molar-refractivity contribution in [3.05, 3.63) is 33.7 Å². The van der Waals surface area contributed by atoms with Crippen molar-refractivity contribution >= 4 is 9.84 Å². The second-order valence-electron chi connectivity index (χ2n) is 5.75. The van der Waals surface area contributed by atoms with Gasteiger partial charge in [0.1, 0.15) is 9.84 Å². The Morgan fingerprint density at radius 2 is 2.14 bits per heavy atom. The molecular weight excluding hydrogens is 288 g/mol. The molecule has 1 aliphatic rings. The number of nitrogens with zero attached hydrogens (tertiary/aromatic N) is 1. The minimum Gasteiger partial charge on any atom is -0.311 e. The second-order valence-corrected chi connectivity index (χ2v) is 8.01. The number of aromatic nitrogens is 1. The monoisotopic (exact) mass is 312 g/mol. The van der Waals surface area contributed by atoms with Crippen LogP contribution in [0.2, 0.25) is 0 Å². The summed E-state index contributed by atoms with van der Waals surface area (Å²) in [6.07, 6.45) is 5.21. The Balaban J connectivity index is 2.32. The molecular formula is C15H24N2O3S. The molecule has 1 aromatic rings. The highest BCUT2D eigenvalue weighted by Crippen LogP contribution is 2.28. The number of hydrogen-bond acceptors (Lipinski definition) is 4. The zero-order valence-corrected chi connectivity index (χ0v) is 13.6. The summed E-state index contributed by atoms with van der Waals surface area (Å²) in [7, 11) is -3.07. The smallest absolute Gasteiger partial charge is 0.250 e. The van der Waals surface area contributed by atoms with Gasteiger partial charge in [-0.25, -0.2) is 8.42 Å². The summed E-state index contributed by atoms with van der Waals surface area (Å²) < 4.78 is 24.4. The second kappa shape index (κ2) is 6.75. The van der Waals surface area contributed by atoms with Gasteiger partial charge < -0.3 is 9.88 Å². The van der Waals surface area contributed by atoms with Crippen LogP contribution in [0, 0.1) is 0 Å². The summed E-state index contributed by atoms with van der Waals surface area (Å²) >= 11 is 0. The van der Waals surface area contributed by atoms with Crippen LogP contribution in [0.25, 0.3) is 0 Å². The summed E-state index contributed by atoms with van der Waals surface area (Å²) in [6.45, 7) is 3.33. The van der Waals surface area contributed by atoms with Gasteiger partial charge in [0, 0.05) is 30.6 Å². The molecule has 2 rings (SSSR count). The van der Waals surface area contributed by atoms with Crippen LogP contribution in [0.1, 0.15) is 43.5 Å². The van der Waals surface area contributed by atoms with Crippen LogP contribution in [-0.2, 0) is 22.8 Å². The molecule has 1 unspecified atom stereocenters. The minimum atomic E-state index is -3.07. The van der Waals surface area contributed by atoms with Crippen LogP contribution in [0.5, 0.6) is 0 Å². The lowest BCUT2D eigenvalue weighted by atomic mass is 9.90. The molecule has 0 fully saturated rings. The van der Waals surface area contributed by atoms with Crippen LogP contribution in [0.15, 0.2) is 16.9 Å². The van der Waals surface area contributed by atoms with E-state index in [0.29, 0.717) is 0 Å². The Labute approximate surface area is 126 Å². The van der Waals surface area contributed by atoms with Gasteiger partial charge in [0.2, 0.25) is 0 Å². The average molecular weight is 312 g/mol. The van der Waals surface area contributed by atoms with Crippen molar-refractivity contribution in [3.8, 4) is 0 Å². The molecule has 1 N–H and O–H groups in total. The maximum Gasteiger partial charge on any atom is 0.250 e. The topological polar surface area (TPSA) is 68.2 Å². The maximum absolute atomic E-state index is 12.1. The fourth-order valence-electron chi connectivity index (χ4n) is 2.89. The summed E-state index contributed by atoms with van der Waals surface area (Å²) in [4.78, 5) is 12.1. The van der Waals surface area contributed by atoms with Crippen LogP contribution in [0.4, 0.5) is 0 Å². The molecule has 5 nitrogen and oxygen atoms in total. The van der Waals surface area contributed by atoms with Gasteiger partial charge in [-0.05, 0) is 37.8 Å². The van der Waals surface area contributed by atoms with E-state index in [9.17, 15) is 13.2 Å². The molecule has 1 aliphatic carbocycles. The van der Waals surface area contributed by atoms with Gasteiger partial charge in [0.05, 0.1) is 5.75 Å². The number of sulfone groups is 1. The van der Waals surface area contributed by atoms with E-state index in [2.05, 4.69) is 12.2 Å². The van der Waals surface area contributed by atoms with Gasteiger partial charge in [-0.15, -0.1) is 0 Å². The maximum atomic E-state index is 12.1. The number of fused-ring (bicyclic) bond motifs is 1. The standard InChI is InChI=1S/C15H24N2O3S/c1-3-9-16-13-5-4-6-14-12(13)7-8-15(18)17(14)10-11-21(2,19)20/h7-8,13,16H,3-6,9-11H2,1-2H3. The van der Waals surface area contributed by atoms with Gasteiger partial charge in [0.15, 0.2) is 0 Å². The van der Waals surface area contributed by atoms with Crippen molar-refractivity contribution < 1.29 is 8.42 Å². The number of pyridine rings is 1. The lowest BCUT2D eigenvalue weighted by Gasteiger charge is -2.28. The van der Waals surface area contributed by atoms with Gasteiger partial charge >= 0.3 is 0 Å². The van der Waals surface area contributed by atoms with Gasteiger partial charge in [-0.3, -0.25) is 4.79 Å². The molecule has 21 heavy (non-hydrogen) atoms. The largest absolute Gasteiger partial charge is 0.311 e. The lowest BCUT2D eigenvalue weighted by molar-refractivity contribution is 0.442. The first-order valence-corrected chi connectivity index (χ1v) is 9.62. The molecule has 0 saturated heterocycles. The molecule has 0 bridgehead atoms. The molecule has 118 valence electrons. The first-order valence-electron chi connectivity index (χ1n) is 7.56.